The number of rotatable bonds is 3. The largest absolute Gasteiger partial charge is 0.396 e. The second-order valence-corrected chi connectivity index (χ2v) is 5.85. The molecule has 1 saturated carbocycles. The minimum absolute atomic E-state index is 0.176. The van der Waals surface area contributed by atoms with E-state index in [4.69, 9.17) is 0 Å². The number of aliphatic hydroxyl groups excluding tert-OH is 2. The van der Waals surface area contributed by atoms with E-state index in [-0.39, 0.29) is 25.0 Å². The van der Waals surface area contributed by atoms with Crippen LogP contribution in [0.1, 0.15) is 12.1 Å². The van der Waals surface area contributed by atoms with E-state index in [0.717, 1.165) is 31.2 Å². The number of aryl methyl sites for hydroxylation is 1. The van der Waals surface area contributed by atoms with Gasteiger partial charge in [0, 0.05) is 38.2 Å². The molecule has 0 bridgehead atoms. The summed E-state index contributed by atoms with van der Waals surface area (Å²) in [5.41, 5.74) is 0.981. The Hall–Kier alpha value is -1.20. The zero-order valence-corrected chi connectivity index (χ0v) is 11.2. The van der Waals surface area contributed by atoms with Crippen LogP contribution >= 0.6 is 0 Å². The molecule has 2 aliphatic rings. The lowest BCUT2D eigenvalue weighted by atomic mass is 9.89. The molecule has 1 aliphatic heterocycles. The Labute approximate surface area is 113 Å². The van der Waals surface area contributed by atoms with Crippen molar-refractivity contribution in [2.75, 3.05) is 31.2 Å². The lowest BCUT2D eigenvalue weighted by Gasteiger charge is -2.23. The average molecular weight is 263 g/mol. The van der Waals surface area contributed by atoms with Gasteiger partial charge in [-0.2, -0.15) is 0 Å². The standard InChI is InChI=1S/C14H21N3O2/c1-9-2-3-15-14(16-9)17-5-10-4-11(7-18)13(8-19)12(10)6-17/h2-3,10-13,18-19H,4-8H2,1H3/t10-,11+,12+,13-/m0/s1. The second kappa shape index (κ2) is 5.06. The number of aromatic nitrogens is 2. The molecule has 5 heteroatoms. The normalized spacial score (nSPS) is 33.7. The molecule has 2 heterocycles. The number of nitrogens with zero attached hydrogens (tertiary/aromatic N) is 3. The van der Waals surface area contributed by atoms with Crippen LogP contribution in [-0.2, 0) is 0 Å². The third-order valence-electron chi connectivity index (χ3n) is 4.76. The molecule has 3 rings (SSSR count). The molecule has 0 amide bonds. The Kier molecular flexibility index (Phi) is 3.41. The van der Waals surface area contributed by atoms with Crippen molar-refractivity contribution in [2.45, 2.75) is 13.3 Å². The molecule has 0 unspecified atom stereocenters. The summed E-state index contributed by atoms with van der Waals surface area (Å²) >= 11 is 0. The van der Waals surface area contributed by atoms with Gasteiger partial charge in [-0.05, 0) is 43.1 Å². The van der Waals surface area contributed by atoms with E-state index in [1.807, 2.05) is 13.0 Å². The van der Waals surface area contributed by atoms with E-state index in [2.05, 4.69) is 14.9 Å². The SMILES string of the molecule is Cc1ccnc(N2C[C@@H]3C[C@H](CO)[C@H](CO)[C@@H]3C2)n1. The van der Waals surface area contributed by atoms with Crippen molar-refractivity contribution < 1.29 is 10.2 Å². The van der Waals surface area contributed by atoms with Crippen molar-refractivity contribution in [1.29, 1.82) is 0 Å². The quantitative estimate of drug-likeness (QED) is 0.829. The van der Waals surface area contributed by atoms with Crippen LogP contribution < -0.4 is 4.90 Å². The van der Waals surface area contributed by atoms with E-state index in [0.29, 0.717) is 11.8 Å². The van der Waals surface area contributed by atoms with Crippen molar-refractivity contribution in [3.05, 3.63) is 18.0 Å². The van der Waals surface area contributed by atoms with Gasteiger partial charge in [0.05, 0.1) is 0 Å². The van der Waals surface area contributed by atoms with Gasteiger partial charge in [-0.25, -0.2) is 9.97 Å². The van der Waals surface area contributed by atoms with Crippen LogP contribution in [0.5, 0.6) is 0 Å². The van der Waals surface area contributed by atoms with Crippen LogP contribution in [0.4, 0.5) is 5.95 Å². The van der Waals surface area contributed by atoms with E-state index in [1.165, 1.54) is 0 Å². The molecule has 2 fully saturated rings. The molecule has 2 N–H and O–H groups in total. The average Bonchev–Trinajstić information content (AvgIpc) is 2.94. The zero-order chi connectivity index (χ0) is 13.4. The predicted molar refractivity (Wildman–Crippen MR) is 71.7 cm³/mol. The van der Waals surface area contributed by atoms with Crippen LogP contribution in [0.2, 0.25) is 0 Å². The fraction of sp³-hybridized carbons (Fsp3) is 0.714. The van der Waals surface area contributed by atoms with E-state index >= 15 is 0 Å². The highest BCUT2D eigenvalue weighted by atomic mass is 16.3. The van der Waals surface area contributed by atoms with Gasteiger partial charge in [0.15, 0.2) is 0 Å². The first-order valence-electron chi connectivity index (χ1n) is 6.99. The Morgan fingerprint density at radius 2 is 2.16 bits per heavy atom. The Bertz CT molecular complexity index is 454. The monoisotopic (exact) mass is 263 g/mol. The number of anilines is 1. The first kappa shape index (κ1) is 12.8. The predicted octanol–water partition coefficient (Wildman–Crippen LogP) is 0.458. The molecule has 5 nitrogen and oxygen atoms in total. The highest BCUT2D eigenvalue weighted by Crippen LogP contribution is 2.46. The third kappa shape index (κ3) is 2.21. The third-order valence-corrected chi connectivity index (χ3v) is 4.76. The lowest BCUT2D eigenvalue weighted by Crippen LogP contribution is -2.29. The lowest BCUT2D eigenvalue weighted by molar-refractivity contribution is 0.120. The maximum atomic E-state index is 9.55. The summed E-state index contributed by atoms with van der Waals surface area (Å²) in [4.78, 5) is 11.0. The van der Waals surface area contributed by atoms with Crippen LogP contribution in [0.25, 0.3) is 0 Å². The minimum Gasteiger partial charge on any atom is -0.396 e. The Balaban J connectivity index is 1.75. The Morgan fingerprint density at radius 3 is 2.84 bits per heavy atom. The molecule has 104 valence electrons. The maximum absolute atomic E-state index is 9.55. The molecule has 1 aromatic heterocycles. The summed E-state index contributed by atoms with van der Waals surface area (Å²) in [5, 5.41) is 18.9. The minimum atomic E-state index is 0.176. The van der Waals surface area contributed by atoms with Crippen LogP contribution in [0, 0.1) is 30.6 Å². The van der Waals surface area contributed by atoms with Gasteiger partial charge in [0.1, 0.15) is 0 Å². The fourth-order valence-corrected chi connectivity index (χ4v) is 3.79. The summed E-state index contributed by atoms with van der Waals surface area (Å²) in [6, 6.07) is 1.90. The highest BCUT2D eigenvalue weighted by molar-refractivity contribution is 5.33. The topological polar surface area (TPSA) is 69.5 Å². The van der Waals surface area contributed by atoms with Gasteiger partial charge in [-0.15, -0.1) is 0 Å². The van der Waals surface area contributed by atoms with E-state index in [9.17, 15) is 10.2 Å². The number of fused-ring (bicyclic) bond motifs is 1. The van der Waals surface area contributed by atoms with Crippen molar-refractivity contribution in [3.63, 3.8) is 0 Å². The first-order valence-corrected chi connectivity index (χ1v) is 6.99. The van der Waals surface area contributed by atoms with Crippen LogP contribution in [0.3, 0.4) is 0 Å². The summed E-state index contributed by atoms with van der Waals surface area (Å²) in [7, 11) is 0. The number of aliphatic hydroxyl groups is 2. The molecule has 1 aliphatic carbocycles. The molecule has 0 aromatic carbocycles. The molecule has 1 saturated heterocycles. The van der Waals surface area contributed by atoms with Crippen LogP contribution in [0.15, 0.2) is 12.3 Å². The summed E-state index contributed by atoms with van der Waals surface area (Å²) < 4.78 is 0. The van der Waals surface area contributed by atoms with Gasteiger partial charge < -0.3 is 15.1 Å². The van der Waals surface area contributed by atoms with Gasteiger partial charge in [0.2, 0.25) is 5.95 Å². The fourth-order valence-electron chi connectivity index (χ4n) is 3.79. The highest BCUT2D eigenvalue weighted by Gasteiger charge is 2.47. The molecular formula is C14H21N3O2. The molecule has 4 atom stereocenters. The second-order valence-electron chi connectivity index (χ2n) is 5.85. The summed E-state index contributed by atoms with van der Waals surface area (Å²) in [5.74, 6) is 2.31. The Morgan fingerprint density at radius 1 is 1.32 bits per heavy atom. The molecule has 0 radical (unpaired) electrons. The van der Waals surface area contributed by atoms with Gasteiger partial charge in [0.25, 0.3) is 0 Å². The summed E-state index contributed by atoms with van der Waals surface area (Å²) in [6.45, 7) is 4.19. The van der Waals surface area contributed by atoms with Crippen molar-refractivity contribution >= 4 is 5.95 Å². The van der Waals surface area contributed by atoms with Gasteiger partial charge in [-0.1, -0.05) is 0 Å². The molecular weight excluding hydrogens is 242 g/mol. The van der Waals surface area contributed by atoms with Gasteiger partial charge in [-0.3, -0.25) is 0 Å². The smallest absolute Gasteiger partial charge is 0.225 e. The zero-order valence-electron chi connectivity index (χ0n) is 11.2. The maximum Gasteiger partial charge on any atom is 0.225 e. The molecule has 19 heavy (non-hydrogen) atoms. The summed E-state index contributed by atoms with van der Waals surface area (Å²) in [6.07, 6.45) is 2.81. The van der Waals surface area contributed by atoms with Gasteiger partial charge >= 0.3 is 0 Å². The van der Waals surface area contributed by atoms with Crippen LogP contribution in [-0.4, -0.2) is 46.5 Å². The van der Waals surface area contributed by atoms with E-state index in [1.54, 1.807) is 6.20 Å². The van der Waals surface area contributed by atoms with E-state index < -0.39 is 0 Å². The number of hydrogen-bond donors (Lipinski definition) is 2. The van der Waals surface area contributed by atoms with Crippen molar-refractivity contribution in [2.24, 2.45) is 23.7 Å². The molecule has 0 spiro atoms. The first-order chi connectivity index (χ1) is 9.22. The number of hydrogen-bond acceptors (Lipinski definition) is 5. The van der Waals surface area contributed by atoms with Crippen molar-refractivity contribution in [3.8, 4) is 0 Å². The van der Waals surface area contributed by atoms with Crippen molar-refractivity contribution in [1.82, 2.24) is 9.97 Å². The molecule has 1 aromatic rings.